The average molecular weight is 413 g/mol. The molecule has 0 radical (unpaired) electrons. The van der Waals surface area contributed by atoms with Gasteiger partial charge in [-0.1, -0.05) is 25.7 Å². The van der Waals surface area contributed by atoms with Crippen LogP contribution in [0.3, 0.4) is 0 Å². The van der Waals surface area contributed by atoms with Crippen LogP contribution < -0.4 is 0 Å². The summed E-state index contributed by atoms with van der Waals surface area (Å²) in [5, 5.41) is 1.62. The van der Waals surface area contributed by atoms with Crippen molar-refractivity contribution in [3.8, 4) is 0 Å². The smallest absolute Gasteiger partial charge is 0.0508 e. The van der Waals surface area contributed by atoms with E-state index in [1.54, 1.807) is 0 Å². The summed E-state index contributed by atoms with van der Waals surface area (Å²) in [5.41, 5.74) is 0. The highest BCUT2D eigenvalue weighted by Gasteiger charge is 2.32. The minimum Gasteiger partial charge on any atom is -0.178 e. The lowest BCUT2D eigenvalue weighted by Gasteiger charge is -2.30. The van der Waals surface area contributed by atoms with Crippen LogP contribution in [0.1, 0.15) is 38.5 Å². The Hall–Kier alpha value is 2.10. The number of thiol groups is 2. The van der Waals surface area contributed by atoms with Gasteiger partial charge < -0.3 is 0 Å². The van der Waals surface area contributed by atoms with Crippen LogP contribution in [-0.2, 0) is 0 Å². The van der Waals surface area contributed by atoms with Crippen LogP contribution in [0, 0.1) is 11.8 Å². The van der Waals surface area contributed by atoms with E-state index in [1.165, 1.54) is 50.0 Å². The maximum absolute atomic E-state index is 4.46. The van der Waals surface area contributed by atoms with Crippen LogP contribution in [0.25, 0.3) is 0 Å². The Labute approximate surface area is 164 Å². The molecule has 0 aromatic heterocycles. The second-order valence-electron chi connectivity index (χ2n) is 6.77. The van der Waals surface area contributed by atoms with Crippen molar-refractivity contribution in [2.24, 2.45) is 11.8 Å². The van der Waals surface area contributed by atoms with Crippen LogP contribution in [-0.4, -0.2) is 42.7 Å². The van der Waals surface area contributed by atoms with E-state index >= 15 is 0 Å². The first-order valence-electron chi connectivity index (χ1n) is 8.52. The fourth-order valence-electron chi connectivity index (χ4n) is 3.70. The molecule has 0 aromatic carbocycles. The summed E-state index contributed by atoms with van der Waals surface area (Å²) in [7, 11) is 0. The number of hydrogen-bond donors (Lipinski definition) is 2. The number of hydrogen-bond acceptors (Lipinski definition) is 6. The molecule has 22 heavy (non-hydrogen) atoms. The molecule has 3 aliphatic rings. The first-order valence-corrected chi connectivity index (χ1v) is 13.8. The van der Waals surface area contributed by atoms with Crippen molar-refractivity contribution < 1.29 is 0 Å². The Morgan fingerprint density at radius 2 is 1.09 bits per heavy atom. The van der Waals surface area contributed by atoms with E-state index in [1.807, 2.05) is 0 Å². The van der Waals surface area contributed by atoms with E-state index in [9.17, 15) is 0 Å². The van der Waals surface area contributed by atoms with E-state index in [0.29, 0.717) is 0 Å². The van der Waals surface area contributed by atoms with Crippen molar-refractivity contribution in [3.63, 3.8) is 0 Å². The van der Waals surface area contributed by atoms with Gasteiger partial charge in [-0.3, -0.25) is 0 Å². The Kier molecular flexibility index (Phi) is 8.33. The Morgan fingerprint density at radius 1 is 0.682 bits per heavy atom. The van der Waals surface area contributed by atoms with Crippen LogP contribution in [0.15, 0.2) is 0 Å². The molecule has 0 bridgehead atoms. The van der Waals surface area contributed by atoms with Gasteiger partial charge in [0.15, 0.2) is 0 Å². The van der Waals surface area contributed by atoms with Crippen LogP contribution in [0.5, 0.6) is 0 Å². The molecule has 2 heterocycles. The standard InChI is InChI=1S/C16H28S6/c17-7-13-9-19-15(21-13)5-11-1-2-12(4-3-11)6-16-20-10-14(8-18)22-16/h11-18H,1-10H2. The first-order chi connectivity index (χ1) is 10.8. The molecule has 4 unspecified atom stereocenters. The highest BCUT2D eigenvalue weighted by Crippen LogP contribution is 2.47. The summed E-state index contributed by atoms with van der Waals surface area (Å²) in [6.07, 6.45) is 8.89. The Bertz CT molecular complexity index is 299. The fourth-order valence-corrected chi connectivity index (χ4v) is 11.7. The summed E-state index contributed by atoms with van der Waals surface area (Å²) in [4.78, 5) is 0. The summed E-state index contributed by atoms with van der Waals surface area (Å²) >= 11 is 17.7. The predicted octanol–water partition coefficient (Wildman–Crippen LogP) is 5.78. The van der Waals surface area contributed by atoms with E-state index in [-0.39, 0.29) is 0 Å². The van der Waals surface area contributed by atoms with Gasteiger partial charge in [0, 0.05) is 33.5 Å². The SMILES string of the molecule is SCC1CSC(CC2CCC(CC3SCC(CS)S3)CC2)S1. The molecule has 2 saturated heterocycles. The lowest BCUT2D eigenvalue weighted by molar-refractivity contribution is 0.263. The molecule has 6 heteroatoms. The van der Waals surface area contributed by atoms with Crippen molar-refractivity contribution in [3.05, 3.63) is 0 Å². The minimum absolute atomic E-state index is 0.811. The van der Waals surface area contributed by atoms with Crippen molar-refractivity contribution in [2.45, 2.75) is 58.2 Å². The molecule has 0 aromatic rings. The molecular formula is C16H28S6. The van der Waals surface area contributed by atoms with Crippen molar-refractivity contribution >= 4 is 72.3 Å². The number of thioether (sulfide) groups is 4. The third-order valence-corrected chi connectivity index (χ3v) is 13.1. The van der Waals surface area contributed by atoms with Crippen LogP contribution in [0.2, 0.25) is 0 Å². The largest absolute Gasteiger partial charge is 0.178 e. The molecule has 0 N–H and O–H groups in total. The molecule has 3 rings (SSSR count). The zero-order valence-electron chi connectivity index (χ0n) is 13.1. The molecule has 1 saturated carbocycles. The minimum atomic E-state index is 0.811. The second-order valence-corrected chi connectivity index (χ2v) is 13.6. The highest BCUT2D eigenvalue weighted by atomic mass is 32.2. The molecule has 0 spiro atoms. The Morgan fingerprint density at radius 3 is 1.41 bits per heavy atom. The van der Waals surface area contributed by atoms with Gasteiger partial charge in [-0.15, -0.1) is 47.0 Å². The van der Waals surface area contributed by atoms with Crippen molar-refractivity contribution in [1.29, 1.82) is 0 Å². The lowest BCUT2D eigenvalue weighted by Crippen LogP contribution is -2.19. The van der Waals surface area contributed by atoms with Gasteiger partial charge in [-0.2, -0.15) is 25.3 Å². The van der Waals surface area contributed by atoms with E-state index in [4.69, 9.17) is 0 Å². The van der Waals surface area contributed by atoms with Crippen molar-refractivity contribution in [2.75, 3.05) is 23.0 Å². The summed E-state index contributed by atoms with van der Waals surface area (Å²) in [6.45, 7) is 0. The maximum atomic E-state index is 4.46. The van der Waals surface area contributed by atoms with Gasteiger partial charge in [0.1, 0.15) is 0 Å². The van der Waals surface area contributed by atoms with Gasteiger partial charge in [0.05, 0.1) is 9.16 Å². The molecule has 0 nitrogen and oxygen atoms in total. The summed E-state index contributed by atoms with van der Waals surface area (Å²) in [5.74, 6) is 6.80. The molecule has 2 aliphatic heterocycles. The van der Waals surface area contributed by atoms with Gasteiger partial charge in [0.25, 0.3) is 0 Å². The zero-order chi connectivity index (χ0) is 15.4. The molecule has 1 aliphatic carbocycles. The molecule has 3 fully saturated rings. The predicted molar refractivity (Wildman–Crippen MR) is 118 cm³/mol. The zero-order valence-corrected chi connectivity index (χ0v) is 18.1. The lowest BCUT2D eigenvalue weighted by atomic mass is 9.80. The van der Waals surface area contributed by atoms with E-state index in [0.717, 1.165) is 43.0 Å². The molecule has 0 amide bonds. The number of rotatable bonds is 6. The quantitative estimate of drug-likeness (QED) is 0.530. The highest BCUT2D eigenvalue weighted by molar-refractivity contribution is 8.21. The monoisotopic (exact) mass is 412 g/mol. The van der Waals surface area contributed by atoms with Crippen LogP contribution in [0.4, 0.5) is 0 Å². The summed E-state index contributed by atoms with van der Waals surface area (Å²) in [6, 6.07) is 0. The third kappa shape index (κ3) is 5.55. The fraction of sp³-hybridized carbons (Fsp3) is 1.00. The third-order valence-electron chi connectivity index (χ3n) is 5.05. The molecule has 4 atom stereocenters. The van der Waals surface area contributed by atoms with Crippen molar-refractivity contribution in [1.82, 2.24) is 0 Å². The second kappa shape index (κ2) is 9.70. The molecular weight excluding hydrogens is 385 g/mol. The van der Waals surface area contributed by atoms with Gasteiger partial charge in [0.2, 0.25) is 0 Å². The Balaban J connectivity index is 1.33. The topological polar surface area (TPSA) is 0 Å². The molecule has 128 valence electrons. The maximum Gasteiger partial charge on any atom is 0.0508 e. The summed E-state index contributed by atoms with van der Waals surface area (Å²) < 4.78 is 1.74. The normalized spacial score (nSPS) is 42.8. The van der Waals surface area contributed by atoms with Gasteiger partial charge in [-0.05, 0) is 24.7 Å². The van der Waals surface area contributed by atoms with Gasteiger partial charge >= 0.3 is 0 Å². The van der Waals surface area contributed by atoms with Crippen LogP contribution >= 0.6 is 72.3 Å². The van der Waals surface area contributed by atoms with Gasteiger partial charge in [-0.25, -0.2) is 0 Å². The average Bonchev–Trinajstić information content (AvgIpc) is 3.18. The first kappa shape index (κ1) is 18.9. The van der Waals surface area contributed by atoms with E-state index < -0.39 is 0 Å². The van der Waals surface area contributed by atoms with E-state index in [2.05, 4.69) is 72.3 Å².